The Bertz CT molecular complexity index is 191. The minimum absolute atomic E-state index is 0.818. The first-order chi connectivity index (χ1) is 7.79. The van der Waals surface area contributed by atoms with E-state index >= 15 is 0 Å². The van der Waals surface area contributed by atoms with Crippen molar-refractivity contribution in [3.05, 3.63) is 0 Å². The van der Waals surface area contributed by atoms with Gasteiger partial charge in [0.25, 0.3) is 0 Å². The van der Waals surface area contributed by atoms with E-state index in [0.29, 0.717) is 0 Å². The van der Waals surface area contributed by atoms with Crippen molar-refractivity contribution in [1.29, 1.82) is 0 Å². The lowest BCUT2D eigenvalue weighted by Gasteiger charge is -2.39. The topological polar surface area (TPSA) is 32.5 Å². The molecule has 0 atom stereocenters. The Balaban J connectivity index is 1.72. The fourth-order valence-electron chi connectivity index (χ4n) is 3.33. The Morgan fingerprint density at radius 2 is 1.44 bits per heavy atom. The lowest BCUT2D eigenvalue weighted by atomic mass is 9.79. The van der Waals surface area contributed by atoms with Crippen LogP contribution in [0.25, 0.3) is 0 Å². The van der Waals surface area contributed by atoms with Gasteiger partial charge in [0.05, 0.1) is 0 Å². The van der Waals surface area contributed by atoms with Crippen molar-refractivity contribution in [2.75, 3.05) is 46.3 Å². The second-order valence-electron chi connectivity index (χ2n) is 5.61. The summed E-state index contributed by atoms with van der Waals surface area (Å²) in [7, 11) is 2.25. The molecule has 0 radical (unpaired) electrons. The molecule has 2 N–H and O–H groups in total. The molecular weight excluding hydrogens is 198 g/mol. The van der Waals surface area contributed by atoms with Gasteiger partial charge in [0.15, 0.2) is 0 Å². The quantitative estimate of drug-likeness (QED) is 0.778. The van der Waals surface area contributed by atoms with Gasteiger partial charge < -0.3 is 15.5 Å². The number of likely N-dealkylation sites (tertiary alicyclic amines) is 2. The summed E-state index contributed by atoms with van der Waals surface area (Å²) in [6.45, 7) is 7.11. The van der Waals surface area contributed by atoms with E-state index in [2.05, 4.69) is 16.8 Å². The first kappa shape index (κ1) is 12.3. The van der Waals surface area contributed by atoms with Crippen molar-refractivity contribution in [1.82, 2.24) is 9.80 Å². The van der Waals surface area contributed by atoms with Gasteiger partial charge in [0.1, 0.15) is 0 Å². The van der Waals surface area contributed by atoms with Gasteiger partial charge in [-0.25, -0.2) is 0 Å². The Morgan fingerprint density at radius 3 is 1.94 bits per heavy atom. The highest BCUT2D eigenvalue weighted by Crippen LogP contribution is 2.31. The molecule has 0 aromatic rings. The minimum atomic E-state index is 0.818. The van der Waals surface area contributed by atoms with Gasteiger partial charge in [-0.15, -0.1) is 0 Å². The Morgan fingerprint density at radius 1 is 0.938 bits per heavy atom. The summed E-state index contributed by atoms with van der Waals surface area (Å²) in [6, 6.07) is 0. The monoisotopic (exact) mass is 225 g/mol. The maximum Gasteiger partial charge on any atom is 0.0105 e. The Kier molecular flexibility index (Phi) is 4.62. The van der Waals surface area contributed by atoms with Crippen LogP contribution in [0.1, 0.15) is 25.7 Å². The molecule has 3 nitrogen and oxygen atoms in total. The van der Waals surface area contributed by atoms with Crippen LogP contribution < -0.4 is 5.73 Å². The molecular formula is C13H27N3. The minimum Gasteiger partial charge on any atom is -0.329 e. The Labute approximate surface area is 100.0 Å². The highest BCUT2D eigenvalue weighted by molar-refractivity contribution is 4.81. The summed E-state index contributed by atoms with van der Waals surface area (Å²) in [5.74, 6) is 2.01. The van der Waals surface area contributed by atoms with Crippen LogP contribution in [0.4, 0.5) is 0 Å². The number of nitrogens with two attached hydrogens (primary N) is 1. The fraction of sp³-hybridized carbons (Fsp3) is 1.00. The molecule has 0 aromatic carbocycles. The zero-order chi connectivity index (χ0) is 11.4. The highest BCUT2D eigenvalue weighted by atomic mass is 15.1. The van der Waals surface area contributed by atoms with Crippen molar-refractivity contribution in [3.8, 4) is 0 Å². The molecule has 2 fully saturated rings. The van der Waals surface area contributed by atoms with E-state index in [0.717, 1.165) is 24.9 Å². The molecule has 2 heterocycles. The predicted octanol–water partition coefficient (Wildman–Crippen LogP) is 0.999. The van der Waals surface area contributed by atoms with Crippen molar-refractivity contribution in [2.24, 2.45) is 17.6 Å². The first-order valence-corrected chi connectivity index (χ1v) is 6.90. The SMILES string of the molecule is CN1CCC(C2CCN(CCN)CC2)CC1. The third-order valence-corrected chi connectivity index (χ3v) is 4.51. The van der Waals surface area contributed by atoms with Crippen molar-refractivity contribution in [3.63, 3.8) is 0 Å². The van der Waals surface area contributed by atoms with Crippen LogP contribution in [0.2, 0.25) is 0 Å². The third-order valence-electron chi connectivity index (χ3n) is 4.51. The first-order valence-electron chi connectivity index (χ1n) is 6.90. The second-order valence-corrected chi connectivity index (χ2v) is 5.61. The van der Waals surface area contributed by atoms with Crippen LogP contribution in [0, 0.1) is 11.8 Å². The van der Waals surface area contributed by atoms with E-state index in [1.54, 1.807) is 0 Å². The maximum absolute atomic E-state index is 5.60. The Hall–Kier alpha value is -0.120. The van der Waals surface area contributed by atoms with Gasteiger partial charge in [0.2, 0.25) is 0 Å². The summed E-state index contributed by atoms with van der Waals surface area (Å²) in [5.41, 5.74) is 5.60. The van der Waals surface area contributed by atoms with Gasteiger partial charge in [-0.2, -0.15) is 0 Å². The van der Waals surface area contributed by atoms with E-state index in [9.17, 15) is 0 Å². The van der Waals surface area contributed by atoms with E-state index in [-0.39, 0.29) is 0 Å². The van der Waals surface area contributed by atoms with Gasteiger partial charge in [-0.3, -0.25) is 0 Å². The van der Waals surface area contributed by atoms with Crippen molar-refractivity contribution in [2.45, 2.75) is 25.7 Å². The summed E-state index contributed by atoms with van der Waals surface area (Å²) >= 11 is 0. The summed E-state index contributed by atoms with van der Waals surface area (Å²) in [6.07, 6.45) is 5.68. The van der Waals surface area contributed by atoms with E-state index in [4.69, 9.17) is 5.73 Å². The summed E-state index contributed by atoms with van der Waals surface area (Å²) < 4.78 is 0. The molecule has 2 rings (SSSR count). The van der Waals surface area contributed by atoms with Crippen LogP contribution in [0.3, 0.4) is 0 Å². The number of hydrogen-bond donors (Lipinski definition) is 1. The molecule has 0 unspecified atom stereocenters. The number of piperidine rings is 2. The van der Waals surface area contributed by atoms with Crippen molar-refractivity contribution < 1.29 is 0 Å². The van der Waals surface area contributed by atoms with Gasteiger partial charge in [-0.05, 0) is 70.7 Å². The smallest absolute Gasteiger partial charge is 0.0105 e. The molecule has 0 bridgehead atoms. The van der Waals surface area contributed by atoms with Crippen LogP contribution in [0.15, 0.2) is 0 Å². The summed E-state index contributed by atoms with van der Waals surface area (Å²) in [5, 5.41) is 0. The third kappa shape index (κ3) is 3.19. The zero-order valence-corrected chi connectivity index (χ0v) is 10.7. The van der Waals surface area contributed by atoms with Crippen LogP contribution in [-0.2, 0) is 0 Å². The second kappa shape index (κ2) is 5.99. The molecule has 16 heavy (non-hydrogen) atoms. The van der Waals surface area contributed by atoms with E-state index in [1.165, 1.54) is 51.9 Å². The van der Waals surface area contributed by atoms with Gasteiger partial charge >= 0.3 is 0 Å². The number of rotatable bonds is 3. The molecule has 0 spiro atoms. The largest absolute Gasteiger partial charge is 0.329 e. The average molecular weight is 225 g/mol. The number of hydrogen-bond acceptors (Lipinski definition) is 3. The van der Waals surface area contributed by atoms with Gasteiger partial charge in [-0.1, -0.05) is 0 Å². The molecule has 0 aliphatic carbocycles. The number of nitrogens with zero attached hydrogens (tertiary/aromatic N) is 2. The molecule has 0 aromatic heterocycles. The van der Waals surface area contributed by atoms with E-state index in [1.807, 2.05) is 0 Å². The fourth-order valence-corrected chi connectivity index (χ4v) is 3.33. The maximum atomic E-state index is 5.60. The van der Waals surface area contributed by atoms with Crippen LogP contribution in [-0.4, -0.2) is 56.1 Å². The lowest BCUT2D eigenvalue weighted by molar-refractivity contribution is 0.107. The van der Waals surface area contributed by atoms with Crippen LogP contribution in [0.5, 0.6) is 0 Å². The molecule has 0 saturated carbocycles. The van der Waals surface area contributed by atoms with E-state index < -0.39 is 0 Å². The lowest BCUT2D eigenvalue weighted by Crippen LogP contribution is -2.41. The molecule has 94 valence electrons. The predicted molar refractivity (Wildman–Crippen MR) is 68.4 cm³/mol. The molecule has 2 saturated heterocycles. The molecule has 0 amide bonds. The highest BCUT2D eigenvalue weighted by Gasteiger charge is 2.28. The molecule has 2 aliphatic heterocycles. The molecule has 3 heteroatoms. The average Bonchev–Trinajstić information content (AvgIpc) is 2.32. The standard InChI is InChI=1S/C13H27N3/c1-15-7-2-12(3-8-15)13-4-9-16(10-5-13)11-6-14/h12-13H,2-11,14H2,1H3. The normalized spacial score (nSPS) is 27.4. The zero-order valence-electron chi connectivity index (χ0n) is 10.7. The van der Waals surface area contributed by atoms with Crippen molar-refractivity contribution >= 4 is 0 Å². The molecule has 2 aliphatic rings. The van der Waals surface area contributed by atoms with Gasteiger partial charge in [0, 0.05) is 13.1 Å². The summed E-state index contributed by atoms with van der Waals surface area (Å²) in [4.78, 5) is 5.01. The van der Waals surface area contributed by atoms with Crippen LogP contribution >= 0.6 is 0 Å².